The molecule has 0 saturated carbocycles. The van der Waals surface area contributed by atoms with Gasteiger partial charge in [-0.25, -0.2) is 4.98 Å². The summed E-state index contributed by atoms with van der Waals surface area (Å²) in [5, 5.41) is 2.65. The van der Waals surface area contributed by atoms with Gasteiger partial charge in [0.15, 0.2) is 0 Å². The van der Waals surface area contributed by atoms with E-state index in [1.807, 2.05) is 10.3 Å². The summed E-state index contributed by atoms with van der Waals surface area (Å²) in [6.45, 7) is 4.20. The van der Waals surface area contributed by atoms with E-state index in [9.17, 15) is 4.79 Å². The predicted octanol–water partition coefficient (Wildman–Crippen LogP) is 3.40. The Kier molecular flexibility index (Phi) is 5.63. The molecular formula is C19H25N3OS. The summed E-state index contributed by atoms with van der Waals surface area (Å²) in [6.07, 6.45) is 4.51. The highest BCUT2D eigenvalue weighted by Gasteiger charge is 2.24. The van der Waals surface area contributed by atoms with Gasteiger partial charge in [-0.1, -0.05) is 29.8 Å². The highest BCUT2D eigenvalue weighted by atomic mass is 32.1. The van der Waals surface area contributed by atoms with E-state index in [2.05, 4.69) is 36.2 Å². The Morgan fingerprint density at radius 3 is 2.62 bits per heavy atom. The quantitative estimate of drug-likeness (QED) is 0.905. The Balaban J connectivity index is 1.46. The van der Waals surface area contributed by atoms with E-state index < -0.39 is 0 Å². The molecule has 1 aromatic carbocycles. The number of nitrogens with two attached hydrogens (primary N) is 1. The first-order valence-electron chi connectivity index (χ1n) is 8.65. The fourth-order valence-electron chi connectivity index (χ4n) is 3.22. The Morgan fingerprint density at radius 2 is 2.00 bits per heavy atom. The van der Waals surface area contributed by atoms with Crippen molar-refractivity contribution in [2.24, 2.45) is 11.7 Å². The van der Waals surface area contributed by atoms with Gasteiger partial charge in [0.1, 0.15) is 10.7 Å². The van der Waals surface area contributed by atoms with Crippen LogP contribution in [-0.2, 0) is 13.0 Å². The Bertz CT molecular complexity index is 672. The van der Waals surface area contributed by atoms with Crippen LogP contribution in [0.2, 0.25) is 0 Å². The van der Waals surface area contributed by atoms with Crippen LogP contribution >= 0.6 is 11.3 Å². The summed E-state index contributed by atoms with van der Waals surface area (Å²) < 4.78 is 0. The Morgan fingerprint density at radius 1 is 1.29 bits per heavy atom. The first-order chi connectivity index (χ1) is 11.7. The molecule has 0 radical (unpaired) electrons. The summed E-state index contributed by atoms with van der Waals surface area (Å²) >= 11 is 1.47. The van der Waals surface area contributed by atoms with Crippen molar-refractivity contribution in [3.63, 3.8) is 0 Å². The minimum absolute atomic E-state index is 0.0583. The minimum atomic E-state index is 0.0583. The fraction of sp³-hybridized carbons (Fsp3) is 0.474. The summed E-state index contributed by atoms with van der Waals surface area (Å²) in [6, 6.07) is 8.82. The average Bonchev–Trinajstić information content (AvgIpc) is 3.10. The fourth-order valence-corrected chi connectivity index (χ4v) is 3.86. The van der Waals surface area contributed by atoms with Gasteiger partial charge in [-0.15, -0.1) is 11.3 Å². The van der Waals surface area contributed by atoms with Crippen LogP contribution in [0.25, 0.3) is 0 Å². The van der Waals surface area contributed by atoms with Gasteiger partial charge >= 0.3 is 0 Å². The zero-order chi connectivity index (χ0) is 16.9. The molecule has 0 aliphatic carbocycles. The Labute approximate surface area is 147 Å². The monoisotopic (exact) mass is 343 g/mol. The van der Waals surface area contributed by atoms with Gasteiger partial charge in [-0.3, -0.25) is 4.79 Å². The largest absolute Gasteiger partial charge is 0.337 e. The number of hydrogen-bond donors (Lipinski definition) is 1. The summed E-state index contributed by atoms with van der Waals surface area (Å²) in [5.41, 5.74) is 8.85. The molecule has 3 rings (SSSR count). The second-order valence-electron chi connectivity index (χ2n) is 6.59. The van der Waals surface area contributed by atoms with E-state index in [0.717, 1.165) is 37.4 Å². The number of carbonyl (C=O) groups is 1. The van der Waals surface area contributed by atoms with Crippen LogP contribution in [0, 0.1) is 12.8 Å². The van der Waals surface area contributed by atoms with Crippen molar-refractivity contribution in [1.29, 1.82) is 0 Å². The van der Waals surface area contributed by atoms with Crippen LogP contribution in [-0.4, -0.2) is 28.9 Å². The molecule has 0 spiro atoms. The van der Waals surface area contributed by atoms with Crippen molar-refractivity contribution >= 4 is 17.2 Å². The van der Waals surface area contributed by atoms with Crippen LogP contribution in [0.5, 0.6) is 0 Å². The molecular weight excluding hydrogens is 318 g/mol. The number of benzene rings is 1. The van der Waals surface area contributed by atoms with Crippen molar-refractivity contribution in [2.75, 3.05) is 13.1 Å². The number of piperidine rings is 1. The van der Waals surface area contributed by atoms with Gasteiger partial charge in [-0.2, -0.15) is 0 Å². The van der Waals surface area contributed by atoms with Crippen molar-refractivity contribution < 1.29 is 4.79 Å². The molecule has 1 amide bonds. The summed E-state index contributed by atoms with van der Waals surface area (Å²) in [5.74, 6) is 0.772. The van der Waals surface area contributed by atoms with Crippen LogP contribution < -0.4 is 5.73 Å². The van der Waals surface area contributed by atoms with Gasteiger partial charge < -0.3 is 10.6 Å². The minimum Gasteiger partial charge on any atom is -0.337 e. The van der Waals surface area contributed by atoms with E-state index in [4.69, 9.17) is 5.73 Å². The number of hydrogen-bond acceptors (Lipinski definition) is 4. The van der Waals surface area contributed by atoms with Crippen molar-refractivity contribution in [3.05, 3.63) is 51.5 Å². The number of aromatic nitrogens is 1. The smallest absolute Gasteiger partial charge is 0.273 e. The standard InChI is InChI=1S/C19H25N3OS/c1-14-2-4-15(5-3-14)6-7-16-8-10-22(11-9-16)19(23)17-13-24-18(12-20)21-17/h2-5,13,16H,6-12,20H2,1H3. The zero-order valence-electron chi connectivity index (χ0n) is 14.2. The van der Waals surface area contributed by atoms with Crippen molar-refractivity contribution in [2.45, 2.75) is 39.2 Å². The number of carbonyl (C=O) groups excluding carboxylic acids is 1. The first-order valence-corrected chi connectivity index (χ1v) is 9.53. The molecule has 1 aliphatic heterocycles. The van der Waals surface area contributed by atoms with Crippen LogP contribution in [0.1, 0.15) is 45.9 Å². The normalized spacial score (nSPS) is 15.7. The van der Waals surface area contributed by atoms with Crippen LogP contribution in [0.4, 0.5) is 0 Å². The maximum Gasteiger partial charge on any atom is 0.273 e. The third kappa shape index (κ3) is 4.22. The molecule has 1 fully saturated rings. The van der Waals surface area contributed by atoms with Gasteiger partial charge in [0.2, 0.25) is 0 Å². The molecule has 0 unspecified atom stereocenters. The molecule has 24 heavy (non-hydrogen) atoms. The number of likely N-dealkylation sites (tertiary alicyclic amines) is 1. The van der Waals surface area contributed by atoms with E-state index in [1.54, 1.807) is 0 Å². The van der Waals surface area contributed by atoms with Gasteiger partial charge in [-0.05, 0) is 44.1 Å². The molecule has 4 nitrogen and oxygen atoms in total. The number of aryl methyl sites for hydroxylation is 2. The van der Waals surface area contributed by atoms with Gasteiger partial charge in [0.25, 0.3) is 5.91 Å². The highest BCUT2D eigenvalue weighted by molar-refractivity contribution is 7.09. The van der Waals surface area contributed by atoms with E-state index in [1.165, 1.54) is 28.9 Å². The SMILES string of the molecule is Cc1ccc(CCC2CCN(C(=O)c3csc(CN)n3)CC2)cc1. The predicted molar refractivity (Wildman–Crippen MR) is 98.1 cm³/mol. The highest BCUT2D eigenvalue weighted by Crippen LogP contribution is 2.24. The number of nitrogens with zero attached hydrogens (tertiary/aromatic N) is 2. The van der Waals surface area contributed by atoms with E-state index in [-0.39, 0.29) is 5.91 Å². The van der Waals surface area contributed by atoms with E-state index >= 15 is 0 Å². The Hall–Kier alpha value is -1.72. The maximum atomic E-state index is 12.5. The molecule has 0 bridgehead atoms. The molecule has 2 aromatic rings. The number of rotatable bonds is 5. The van der Waals surface area contributed by atoms with Crippen LogP contribution in [0.15, 0.2) is 29.6 Å². The lowest BCUT2D eigenvalue weighted by atomic mass is 9.90. The maximum absolute atomic E-state index is 12.5. The third-order valence-electron chi connectivity index (χ3n) is 4.81. The first kappa shape index (κ1) is 17.1. The lowest BCUT2D eigenvalue weighted by Crippen LogP contribution is -2.38. The van der Waals surface area contributed by atoms with Gasteiger partial charge in [0.05, 0.1) is 0 Å². The van der Waals surface area contributed by atoms with Crippen molar-refractivity contribution in [3.8, 4) is 0 Å². The second-order valence-corrected chi connectivity index (χ2v) is 7.53. The lowest BCUT2D eigenvalue weighted by Gasteiger charge is -2.31. The van der Waals surface area contributed by atoms with E-state index in [0.29, 0.717) is 18.2 Å². The molecule has 0 atom stereocenters. The van der Waals surface area contributed by atoms with Crippen LogP contribution in [0.3, 0.4) is 0 Å². The molecule has 1 aromatic heterocycles. The number of amides is 1. The average molecular weight is 343 g/mol. The lowest BCUT2D eigenvalue weighted by molar-refractivity contribution is 0.0681. The van der Waals surface area contributed by atoms with Crippen molar-refractivity contribution in [1.82, 2.24) is 9.88 Å². The molecule has 2 heterocycles. The molecule has 2 N–H and O–H groups in total. The molecule has 128 valence electrons. The van der Waals surface area contributed by atoms with Gasteiger partial charge in [0, 0.05) is 25.0 Å². The number of thiazole rings is 1. The third-order valence-corrected chi connectivity index (χ3v) is 5.68. The topological polar surface area (TPSA) is 59.2 Å². The molecule has 5 heteroatoms. The second kappa shape index (κ2) is 7.90. The summed E-state index contributed by atoms with van der Waals surface area (Å²) in [7, 11) is 0. The summed E-state index contributed by atoms with van der Waals surface area (Å²) in [4.78, 5) is 18.7. The zero-order valence-corrected chi connectivity index (χ0v) is 15.0. The molecule has 1 saturated heterocycles. The molecule has 1 aliphatic rings.